The smallest absolute Gasteiger partial charge is 0.329 e. The van der Waals surface area contributed by atoms with Gasteiger partial charge in [0.05, 0.1) is 0 Å². The fourth-order valence-corrected chi connectivity index (χ4v) is 2.64. The molecule has 0 aliphatic rings. The van der Waals surface area contributed by atoms with Crippen molar-refractivity contribution in [1.82, 2.24) is 10.6 Å². The summed E-state index contributed by atoms with van der Waals surface area (Å²) in [4.78, 5) is 36.5. The van der Waals surface area contributed by atoms with E-state index in [0.29, 0.717) is 17.7 Å². The van der Waals surface area contributed by atoms with Crippen LogP contribution in [0.5, 0.6) is 0 Å². The quantitative estimate of drug-likeness (QED) is 0.609. The third-order valence-electron chi connectivity index (χ3n) is 3.85. The molecule has 2 amide bonds. The summed E-state index contributed by atoms with van der Waals surface area (Å²) in [6.45, 7) is 5.38. The van der Waals surface area contributed by atoms with Gasteiger partial charge in [0, 0.05) is 11.6 Å². The van der Waals surface area contributed by atoms with Crippen LogP contribution in [0.4, 0.5) is 0 Å². The van der Waals surface area contributed by atoms with Crippen molar-refractivity contribution in [3.63, 3.8) is 0 Å². The van der Waals surface area contributed by atoms with Gasteiger partial charge in [-0.2, -0.15) is 11.8 Å². The zero-order valence-electron chi connectivity index (χ0n) is 15.8. The number of nitrogens with one attached hydrogen (secondary N) is 2. The SMILES string of the molecule is CC[C@@H](C)NC(=O)COC(=O)[C@@H](CCSC)NC(=O)c1cccc(C)c1. The van der Waals surface area contributed by atoms with Crippen molar-refractivity contribution in [3.8, 4) is 0 Å². The van der Waals surface area contributed by atoms with E-state index in [0.717, 1.165) is 12.0 Å². The Kier molecular flexibility index (Phi) is 9.80. The minimum atomic E-state index is -0.785. The van der Waals surface area contributed by atoms with E-state index in [1.54, 1.807) is 30.0 Å². The Balaban J connectivity index is 2.65. The van der Waals surface area contributed by atoms with Gasteiger partial charge in [0.2, 0.25) is 0 Å². The maximum Gasteiger partial charge on any atom is 0.329 e. The molecule has 0 aliphatic heterocycles. The molecule has 0 saturated carbocycles. The number of thioether (sulfide) groups is 1. The summed E-state index contributed by atoms with van der Waals surface area (Å²) >= 11 is 1.57. The molecule has 26 heavy (non-hydrogen) atoms. The first-order valence-corrected chi connectivity index (χ1v) is 10.1. The Morgan fingerprint density at radius 2 is 1.96 bits per heavy atom. The van der Waals surface area contributed by atoms with Crippen LogP contribution in [-0.2, 0) is 14.3 Å². The van der Waals surface area contributed by atoms with Gasteiger partial charge in [-0.05, 0) is 50.8 Å². The standard InChI is InChI=1S/C19H28N2O4S/c1-5-14(3)20-17(22)12-25-19(24)16(9-10-26-4)21-18(23)15-8-6-7-13(2)11-15/h6-8,11,14,16H,5,9-10,12H2,1-4H3,(H,20,22)(H,21,23)/t14-,16-/m1/s1. The second-order valence-electron chi connectivity index (χ2n) is 6.16. The number of rotatable bonds is 10. The van der Waals surface area contributed by atoms with E-state index in [9.17, 15) is 14.4 Å². The van der Waals surface area contributed by atoms with Gasteiger partial charge in [-0.25, -0.2) is 4.79 Å². The number of aryl methyl sites for hydroxylation is 1. The molecule has 0 radical (unpaired) electrons. The second kappa shape index (κ2) is 11.6. The van der Waals surface area contributed by atoms with E-state index in [-0.39, 0.29) is 24.5 Å². The third kappa shape index (κ3) is 7.91. The van der Waals surface area contributed by atoms with Crippen molar-refractivity contribution < 1.29 is 19.1 Å². The van der Waals surface area contributed by atoms with Crippen molar-refractivity contribution in [3.05, 3.63) is 35.4 Å². The van der Waals surface area contributed by atoms with Gasteiger partial charge < -0.3 is 15.4 Å². The summed E-state index contributed by atoms with van der Waals surface area (Å²) in [5.74, 6) is -0.589. The van der Waals surface area contributed by atoms with Gasteiger partial charge in [-0.15, -0.1) is 0 Å². The predicted octanol–water partition coefficient (Wildman–Crippen LogP) is 2.30. The molecule has 0 heterocycles. The van der Waals surface area contributed by atoms with Gasteiger partial charge in [-0.3, -0.25) is 9.59 Å². The van der Waals surface area contributed by atoms with Crippen LogP contribution in [0.15, 0.2) is 24.3 Å². The number of amides is 2. The van der Waals surface area contributed by atoms with Crippen molar-refractivity contribution in [1.29, 1.82) is 0 Å². The van der Waals surface area contributed by atoms with Crippen LogP contribution >= 0.6 is 11.8 Å². The molecule has 1 aromatic carbocycles. The molecule has 144 valence electrons. The van der Waals surface area contributed by atoms with E-state index >= 15 is 0 Å². The molecule has 2 N–H and O–H groups in total. The van der Waals surface area contributed by atoms with Gasteiger partial charge in [0.15, 0.2) is 6.61 Å². The first-order chi connectivity index (χ1) is 12.4. The largest absolute Gasteiger partial charge is 0.454 e. The summed E-state index contributed by atoms with van der Waals surface area (Å²) in [5, 5.41) is 5.44. The van der Waals surface area contributed by atoms with Gasteiger partial charge in [0.25, 0.3) is 11.8 Å². The highest BCUT2D eigenvalue weighted by Crippen LogP contribution is 2.07. The van der Waals surface area contributed by atoms with Gasteiger partial charge in [0.1, 0.15) is 6.04 Å². The number of hydrogen-bond donors (Lipinski definition) is 2. The number of benzene rings is 1. The lowest BCUT2D eigenvalue weighted by atomic mass is 10.1. The van der Waals surface area contributed by atoms with Gasteiger partial charge in [-0.1, -0.05) is 24.6 Å². The molecule has 0 aliphatic carbocycles. The van der Waals surface area contributed by atoms with E-state index < -0.39 is 12.0 Å². The minimum absolute atomic E-state index is 0.0227. The third-order valence-corrected chi connectivity index (χ3v) is 4.49. The Morgan fingerprint density at radius 3 is 2.58 bits per heavy atom. The highest BCUT2D eigenvalue weighted by atomic mass is 32.2. The van der Waals surface area contributed by atoms with Crippen molar-refractivity contribution >= 4 is 29.5 Å². The molecule has 0 spiro atoms. The summed E-state index contributed by atoms with van der Waals surface area (Å²) in [7, 11) is 0. The highest BCUT2D eigenvalue weighted by Gasteiger charge is 2.23. The first kappa shape index (κ1) is 22.0. The van der Waals surface area contributed by atoms with Crippen LogP contribution in [-0.4, -0.2) is 48.5 Å². The lowest BCUT2D eigenvalue weighted by Gasteiger charge is -2.18. The van der Waals surface area contributed by atoms with Crippen LogP contribution < -0.4 is 10.6 Å². The van der Waals surface area contributed by atoms with Crippen LogP contribution in [0, 0.1) is 6.92 Å². The maximum atomic E-state index is 12.4. The number of carbonyl (C=O) groups excluding carboxylic acids is 3. The molecule has 1 aromatic rings. The average Bonchev–Trinajstić information content (AvgIpc) is 2.62. The van der Waals surface area contributed by atoms with Crippen molar-refractivity contribution in [2.45, 2.75) is 45.7 Å². The Morgan fingerprint density at radius 1 is 1.23 bits per heavy atom. The summed E-state index contributed by atoms with van der Waals surface area (Å²) < 4.78 is 5.09. The fraction of sp³-hybridized carbons (Fsp3) is 0.526. The number of carbonyl (C=O) groups is 3. The average molecular weight is 381 g/mol. The van der Waals surface area contributed by atoms with E-state index in [2.05, 4.69) is 10.6 Å². The van der Waals surface area contributed by atoms with Crippen LogP contribution in [0.25, 0.3) is 0 Å². The summed E-state index contributed by atoms with van der Waals surface area (Å²) in [5.41, 5.74) is 1.45. The van der Waals surface area contributed by atoms with Crippen molar-refractivity contribution in [2.75, 3.05) is 18.6 Å². The molecule has 0 aromatic heterocycles. The molecular formula is C19H28N2O4S. The number of ether oxygens (including phenoxy) is 1. The zero-order chi connectivity index (χ0) is 19.5. The van der Waals surface area contributed by atoms with Gasteiger partial charge >= 0.3 is 5.97 Å². The molecule has 6 nitrogen and oxygen atoms in total. The molecule has 1 rings (SSSR count). The second-order valence-corrected chi connectivity index (χ2v) is 7.15. The maximum absolute atomic E-state index is 12.4. The van der Waals surface area contributed by atoms with Crippen LogP contribution in [0.2, 0.25) is 0 Å². The van der Waals surface area contributed by atoms with Crippen LogP contribution in [0.3, 0.4) is 0 Å². The summed E-state index contributed by atoms with van der Waals surface area (Å²) in [6, 6.07) is 6.37. The number of esters is 1. The lowest BCUT2D eigenvalue weighted by Crippen LogP contribution is -2.44. The fourth-order valence-electron chi connectivity index (χ4n) is 2.17. The number of hydrogen-bond acceptors (Lipinski definition) is 5. The normalized spacial score (nSPS) is 12.8. The highest BCUT2D eigenvalue weighted by molar-refractivity contribution is 7.98. The molecule has 0 fully saturated rings. The molecule has 0 saturated heterocycles. The zero-order valence-corrected chi connectivity index (χ0v) is 16.7. The van der Waals surface area contributed by atoms with Crippen molar-refractivity contribution in [2.24, 2.45) is 0 Å². The molecule has 0 bridgehead atoms. The molecular weight excluding hydrogens is 352 g/mol. The van der Waals surface area contributed by atoms with E-state index in [1.165, 1.54) is 0 Å². The first-order valence-electron chi connectivity index (χ1n) is 8.69. The summed E-state index contributed by atoms with van der Waals surface area (Å²) in [6.07, 6.45) is 3.15. The predicted molar refractivity (Wildman–Crippen MR) is 104 cm³/mol. The van der Waals surface area contributed by atoms with E-state index in [4.69, 9.17) is 4.74 Å². The monoisotopic (exact) mass is 380 g/mol. The Bertz CT molecular complexity index is 621. The Labute approximate surface area is 159 Å². The van der Waals surface area contributed by atoms with Crippen LogP contribution in [0.1, 0.15) is 42.6 Å². The Hall–Kier alpha value is -2.02. The molecule has 2 atom stereocenters. The lowest BCUT2D eigenvalue weighted by molar-refractivity contribution is -0.150. The minimum Gasteiger partial charge on any atom is -0.454 e. The van der Waals surface area contributed by atoms with E-state index in [1.807, 2.05) is 33.1 Å². The topological polar surface area (TPSA) is 84.5 Å². The molecule has 7 heteroatoms. The molecule has 0 unspecified atom stereocenters.